The number of carbonyl (C=O) groups excluding carboxylic acids is 1. The van der Waals surface area contributed by atoms with Gasteiger partial charge in [0.05, 0.1) is 0 Å². The highest BCUT2D eigenvalue weighted by atomic mass is 16.1. The molecule has 0 atom stereocenters. The van der Waals surface area contributed by atoms with Crippen molar-refractivity contribution in [3.05, 3.63) is 29.3 Å². The van der Waals surface area contributed by atoms with Crippen molar-refractivity contribution >= 4 is 11.6 Å². The summed E-state index contributed by atoms with van der Waals surface area (Å²) in [5.74, 6) is 1.66. The van der Waals surface area contributed by atoms with Crippen LogP contribution in [-0.4, -0.2) is 12.5 Å². The van der Waals surface area contributed by atoms with E-state index in [2.05, 4.69) is 16.7 Å². The quantitative estimate of drug-likeness (QED) is 0.661. The van der Waals surface area contributed by atoms with E-state index in [4.69, 9.17) is 6.42 Å². The smallest absolute Gasteiger partial charge is 0.300 e. The first-order valence-electron chi connectivity index (χ1n) is 4.90. The molecule has 2 N–H and O–H groups in total. The summed E-state index contributed by atoms with van der Waals surface area (Å²) in [6, 6.07) is 5.90. The molecule has 0 unspecified atom stereocenters. The van der Waals surface area contributed by atoms with E-state index < -0.39 is 5.91 Å². The lowest BCUT2D eigenvalue weighted by atomic mass is 9.99. The van der Waals surface area contributed by atoms with Gasteiger partial charge in [-0.3, -0.25) is 4.79 Å². The van der Waals surface area contributed by atoms with E-state index in [1.54, 1.807) is 0 Å². The van der Waals surface area contributed by atoms with Crippen LogP contribution in [0.25, 0.3) is 0 Å². The standard InChI is InChI=1S/C12H12N2O/c1-2-12(15)14-11-5-3-4-9-6-7-13-8-10(9)11/h1,3-5,13H,6-8H2,(H,14,15). The van der Waals surface area contributed by atoms with Crippen molar-refractivity contribution in [2.75, 3.05) is 11.9 Å². The predicted molar refractivity (Wildman–Crippen MR) is 59.3 cm³/mol. The zero-order valence-electron chi connectivity index (χ0n) is 8.34. The maximum Gasteiger partial charge on any atom is 0.300 e. The molecule has 0 bridgehead atoms. The number of nitrogens with one attached hydrogen (secondary N) is 2. The average molecular weight is 200 g/mol. The lowest BCUT2D eigenvalue weighted by molar-refractivity contribution is -0.111. The molecule has 0 spiro atoms. The van der Waals surface area contributed by atoms with Gasteiger partial charge in [0.25, 0.3) is 5.91 Å². The Labute approximate surface area is 88.9 Å². The number of anilines is 1. The van der Waals surface area contributed by atoms with Crippen molar-refractivity contribution in [2.24, 2.45) is 0 Å². The molecule has 1 aliphatic heterocycles. The van der Waals surface area contributed by atoms with Gasteiger partial charge in [-0.05, 0) is 36.1 Å². The maximum atomic E-state index is 11.1. The topological polar surface area (TPSA) is 41.1 Å². The number of benzene rings is 1. The van der Waals surface area contributed by atoms with E-state index >= 15 is 0 Å². The Balaban J connectivity index is 2.32. The molecule has 0 fully saturated rings. The zero-order chi connectivity index (χ0) is 10.7. The van der Waals surface area contributed by atoms with E-state index in [-0.39, 0.29) is 0 Å². The molecule has 1 aromatic rings. The SMILES string of the molecule is C#CC(=O)Nc1cccc2c1CNCC2. The highest BCUT2D eigenvalue weighted by Crippen LogP contribution is 2.22. The first-order valence-corrected chi connectivity index (χ1v) is 4.90. The third kappa shape index (κ3) is 2.00. The van der Waals surface area contributed by atoms with Crippen LogP contribution in [0.15, 0.2) is 18.2 Å². The molecule has 1 heterocycles. The Morgan fingerprint density at radius 1 is 1.53 bits per heavy atom. The van der Waals surface area contributed by atoms with Gasteiger partial charge in [0.15, 0.2) is 0 Å². The number of terminal acetylenes is 1. The van der Waals surface area contributed by atoms with Crippen molar-refractivity contribution in [1.82, 2.24) is 5.32 Å². The van der Waals surface area contributed by atoms with Gasteiger partial charge in [-0.25, -0.2) is 0 Å². The summed E-state index contributed by atoms with van der Waals surface area (Å²) in [5.41, 5.74) is 3.25. The first-order chi connectivity index (χ1) is 7.31. The van der Waals surface area contributed by atoms with E-state index in [1.807, 2.05) is 18.1 Å². The molecule has 0 saturated heterocycles. The molecule has 3 nitrogen and oxygen atoms in total. The van der Waals surface area contributed by atoms with Crippen molar-refractivity contribution in [2.45, 2.75) is 13.0 Å². The highest BCUT2D eigenvalue weighted by molar-refractivity contribution is 6.04. The summed E-state index contributed by atoms with van der Waals surface area (Å²) in [7, 11) is 0. The minimum Gasteiger partial charge on any atom is -0.315 e. The number of fused-ring (bicyclic) bond motifs is 1. The maximum absolute atomic E-state index is 11.1. The van der Waals surface area contributed by atoms with Crippen LogP contribution in [0.2, 0.25) is 0 Å². The molecule has 3 heteroatoms. The van der Waals surface area contributed by atoms with Crippen LogP contribution < -0.4 is 10.6 Å². The Bertz CT molecular complexity index is 432. The summed E-state index contributed by atoms with van der Waals surface area (Å²) >= 11 is 0. The van der Waals surface area contributed by atoms with Gasteiger partial charge in [0.1, 0.15) is 0 Å². The zero-order valence-corrected chi connectivity index (χ0v) is 8.34. The van der Waals surface area contributed by atoms with Crippen molar-refractivity contribution in [1.29, 1.82) is 0 Å². The molecule has 2 rings (SSSR count). The Morgan fingerprint density at radius 3 is 3.20 bits per heavy atom. The Kier molecular flexibility index (Phi) is 2.70. The van der Waals surface area contributed by atoms with Crippen LogP contribution >= 0.6 is 0 Å². The molecule has 76 valence electrons. The van der Waals surface area contributed by atoms with Crippen molar-refractivity contribution < 1.29 is 4.79 Å². The van der Waals surface area contributed by atoms with E-state index in [0.717, 1.165) is 30.8 Å². The molecule has 0 aliphatic carbocycles. The van der Waals surface area contributed by atoms with Crippen LogP contribution in [0.3, 0.4) is 0 Å². The molecule has 0 radical (unpaired) electrons. The minimum atomic E-state index is -0.394. The minimum absolute atomic E-state index is 0.394. The highest BCUT2D eigenvalue weighted by Gasteiger charge is 2.12. The third-order valence-corrected chi connectivity index (χ3v) is 2.53. The Morgan fingerprint density at radius 2 is 2.40 bits per heavy atom. The summed E-state index contributed by atoms with van der Waals surface area (Å²) in [5, 5.41) is 5.97. The fourth-order valence-corrected chi connectivity index (χ4v) is 1.79. The molecular weight excluding hydrogens is 188 g/mol. The van der Waals surface area contributed by atoms with Gasteiger partial charge in [-0.2, -0.15) is 0 Å². The molecule has 1 aromatic carbocycles. The molecule has 15 heavy (non-hydrogen) atoms. The largest absolute Gasteiger partial charge is 0.315 e. The number of hydrogen-bond donors (Lipinski definition) is 2. The average Bonchev–Trinajstić information content (AvgIpc) is 2.29. The fourth-order valence-electron chi connectivity index (χ4n) is 1.79. The number of hydrogen-bond acceptors (Lipinski definition) is 2. The summed E-state index contributed by atoms with van der Waals surface area (Å²) in [6.45, 7) is 1.77. The molecule has 1 aliphatic rings. The van der Waals surface area contributed by atoms with Crippen LogP contribution in [0.5, 0.6) is 0 Å². The monoisotopic (exact) mass is 200 g/mol. The van der Waals surface area contributed by atoms with E-state index in [9.17, 15) is 4.79 Å². The van der Waals surface area contributed by atoms with Gasteiger partial charge >= 0.3 is 0 Å². The van der Waals surface area contributed by atoms with Gasteiger partial charge in [0.2, 0.25) is 0 Å². The summed E-state index contributed by atoms with van der Waals surface area (Å²) in [4.78, 5) is 11.1. The van der Waals surface area contributed by atoms with Gasteiger partial charge in [0, 0.05) is 12.2 Å². The molecule has 1 amide bonds. The summed E-state index contributed by atoms with van der Waals surface area (Å²) < 4.78 is 0. The van der Waals surface area contributed by atoms with Gasteiger partial charge < -0.3 is 10.6 Å². The van der Waals surface area contributed by atoms with E-state index in [1.165, 1.54) is 5.56 Å². The summed E-state index contributed by atoms with van der Waals surface area (Å²) in [6.07, 6.45) is 6.01. The predicted octanol–water partition coefficient (Wildman–Crippen LogP) is 0.904. The van der Waals surface area contributed by atoms with Crippen molar-refractivity contribution in [3.8, 4) is 12.3 Å². The lowest BCUT2D eigenvalue weighted by Crippen LogP contribution is -2.25. The third-order valence-electron chi connectivity index (χ3n) is 2.53. The Hall–Kier alpha value is -1.79. The number of rotatable bonds is 1. The number of amides is 1. The molecule has 0 aromatic heterocycles. The van der Waals surface area contributed by atoms with Crippen molar-refractivity contribution in [3.63, 3.8) is 0 Å². The number of carbonyl (C=O) groups is 1. The fraction of sp³-hybridized carbons (Fsp3) is 0.250. The first kappa shape index (κ1) is 9.75. The second-order valence-electron chi connectivity index (χ2n) is 3.47. The second kappa shape index (κ2) is 4.16. The second-order valence-corrected chi connectivity index (χ2v) is 3.47. The van der Waals surface area contributed by atoms with Crippen LogP contribution in [0.1, 0.15) is 11.1 Å². The molecular formula is C12H12N2O. The van der Waals surface area contributed by atoms with E-state index in [0.29, 0.717) is 0 Å². The van der Waals surface area contributed by atoms with Crippen LogP contribution in [0, 0.1) is 12.3 Å². The normalized spacial score (nSPS) is 13.8. The van der Waals surface area contributed by atoms with Crippen LogP contribution in [-0.2, 0) is 17.8 Å². The molecule has 0 saturated carbocycles. The van der Waals surface area contributed by atoms with Gasteiger partial charge in [-0.1, -0.05) is 12.1 Å². The lowest BCUT2D eigenvalue weighted by Gasteiger charge is -2.20. The van der Waals surface area contributed by atoms with Crippen LogP contribution in [0.4, 0.5) is 5.69 Å². The van der Waals surface area contributed by atoms with Gasteiger partial charge in [-0.15, -0.1) is 6.42 Å².